The van der Waals surface area contributed by atoms with Crippen LogP contribution < -0.4 is 4.90 Å². The zero-order valence-electron chi connectivity index (χ0n) is 13.7. The van der Waals surface area contributed by atoms with Crippen LogP contribution in [0.15, 0.2) is 18.2 Å². The van der Waals surface area contributed by atoms with Crippen LogP contribution in [0.5, 0.6) is 0 Å². The third-order valence-corrected chi connectivity index (χ3v) is 6.39. The molecule has 0 atom stereocenters. The molecule has 4 nitrogen and oxygen atoms in total. The highest BCUT2D eigenvalue weighted by molar-refractivity contribution is 5.99. The molecule has 1 aliphatic heterocycles. The monoisotopic (exact) mass is 331 g/mol. The molecule has 1 spiro atoms. The first-order valence-corrected chi connectivity index (χ1v) is 8.80. The summed E-state index contributed by atoms with van der Waals surface area (Å²) in [5, 5.41) is 9.49. The van der Waals surface area contributed by atoms with Crippen LogP contribution in [0.1, 0.15) is 56.9 Å². The van der Waals surface area contributed by atoms with Crippen LogP contribution in [0.2, 0.25) is 0 Å². The summed E-state index contributed by atoms with van der Waals surface area (Å²) in [7, 11) is 0. The smallest absolute Gasteiger partial charge is 0.310 e. The zero-order valence-corrected chi connectivity index (χ0v) is 13.7. The van der Waals surface area contributed by atoms with Crippen molar-refractivity contribution in [2.24, 2.45) is 5.41 Å². The highest BCUT2D eigenvalue weighted by Gasteiger charge is 2.51. The van der Waals surface area contributed by atoms with Crippen molar-refractivity contribution in [2.45, 2.75) is 56.8 Å². The van der Waals surface area contributed by atoms with Crippen LogP contribution in [0, 0.1) is 11.2 Å². The molecule has 1 N–H and O–H groups in total. The van der Waals surface area contributed by atoms with Crippen molar-refractivity contribution in [3.8, 4) is 0 Å². The second-order valence-corrected chi connectivity index (χ2v) is 7.72. The second kappa shape index (κ2) is 5.30. The van der Waals surface area contributed by atoms with Gasteiger partial charge in [0, 0.05) is 23.9 Å². The van der Waals surface area contributed by atoms with Crippen LogP contribution in [0.25, 0.3) is 0 Å². The normalized spacial score (nSPS) is 23.1. The number of hydrogen-bond acceptors (Lipinski definition) is 2. The Kier molecular flexibility index (Phi) is 3.44. The van der Waals surface area contributed by atoms with Crippen molar-refractivity contribution in [3.05, 3.63) is 29.6 Å². The molecule has 4 rings (SSSR count). The lowest BCUT2D eigenvalue weighted by molar-refractivity contribution is -0.157. The number of rotatable bonds is 3. The summed E-state index contributed by atoms with van der Waals surface area (Å²) in [6.07, 6.45) is 5.89. The Morgan fingerprint density at radius 3 is 2.42 bits per heavy atom. The second-order valence-electron chi connectivity index (χ2n) is 7.72. The average molecular weight is 331 g/mol. The molecule has 0 aromatic heterocycles. The Morgan fingerprint density at radius 1 is 1.12 bits per heavy atom. The van der Waals surface area contributed by atoms with Crippen molar-refractivity contribution >= 4 is 17.6 Å². The lowest BCUT2D eigenvalue weighted by Crippen LogP contribution is -2.44. The third-order valence-electron chi connectivity index (χ3n) is 6.39. The largest absolute Gasteiger partial charge is 0.481 e. The number of carbonyl (C=O) groups is 2. The van der Waals surface area contributed by atoms with E-state index >= 15 is 0 Å². The van der Waals surface area contributed by atoms with E-state index in [0.717, 1.165) is 32.1 Å². The van der Waals surface area contributed by atoms with Gasteiger partial charge in [0.1, 0.15) is 5.82 Å². The summed E-state index contributed by atoms with van der Waals surface area (Å²) in [5.41, 5.74) is 0.151. The molecule has 0 bridgehead atoms. The highest BCUT2D eigenvalue weighted by Crippen LogP contribution is 2.52. The Morgan fingerprint density at radius 2 is 1.83 bits per heavy atom. The molecule has 128 valence electrons. The SMILES string of the molecule is O=C(CC1(C(=O)O)CCC1)N1CC2(CCCC2)c2c(F)cccc21. The van der Waals surface area contributed by atoms with Crippen LogP contribution in [-0.2, 0) is 15.0 Å². The van der Waals surface area contributed by atoms with Gasteiger partial charge in [0.2, 0.25) is 5.91 Å². The van der Waals surface area contributed by atoms with Gasteiger partial charge < -0.3 is 10.0 Å². The standard InChI is InChI=1S/C19H22FNO3/c20-13-5-3-6-14-16(13)19(7-1-2-8-19)12-21(14)15(22)11-18(17(23)24)9-4-10-18/h3,5-6H,1-2,4,7-12H2,(H,23,24). The number of carbonyl (C=O) groups excluding carboxylic acids is 1. The number of aliphatic carboxylic acids is 1. The fourth-order valence-electron chi connectivity index (χ4n) is 4.87. The van der Waals surface area contributed by atoms with E-state index in [0.29, 0.717) is 30.6 Å². The molecule has 0 saturated heterocycles. The highest BCUT2D eigenvalue weighted by atomic mass is 19.1. The Labute approximate surface area is 140 Å². The molecule has 2 aliphatic carbocycles. The first-order chi connectivity index (χ1) is 11.5. The summed E-state index contributed by atoms with van der Waals surface area (Å²) >= 11 is 0. The van der Waals surface area contributed by atoms with E-state index < -0.39 is 11.4 Å². The van der Waals surface area contributed by atoms with E-state index in [1.165, 1.54) is 6.07 Å². The van der Waals surface area contributed by atoms with Gasteiger partial charge in [-0.1, -0.05) is 25.3 Å². The summed E-state index contributed by atoms with van der Waals surface area (Å²) in [6, 6.07) is 4.91. The van der Waals surface area contributed by atoms with E-state index in [1.54, 1.807) is 17.0 Å². The average Bonchev–Trinajstić information content (AvgIpc) is 3.09. The van der Waals surface area contributed by atoms with Crippen LogP contribution >= 0.6 is 0 Å². The Hall–Kier alpha value is -1.91. The molecule has 1 amide bonds. The van der Waals surface area contributed by atoms with Crippen LogP contribution in [0.3, 0.4) is 0 Å². The van der Waals surface area contributed by atoms with E-state index in [9.17, 15) is 19.1 Å². The minimum absolute atomic E-state index is 0.0222. The molecule has 3 aliphatic rings. The minimum Gasteiger partial charge on any atom is -0.481 e. The first kappa shape index (κ1) is 15.6. The molecule has 1 aromatic rings. The predicted molar refractivity (Wildman–Crippen MR) is 87.4 cm³/mol. The maximum absolute atomic E-state index is 14.5. The molecule has 0 unspecified atom stereocenters. The molecular weight excluding hydrogens is 309 g/mol. The molecule has 1 heterocycles. The number of fused-ring (bicyclic) bond motifs is 2. The molecule has 1 aromatic carbocycles. The lowest BCUT2D eigenvalue weighted by atomic mass is 9.66. The van der Waals surface area contributed by atoms with Gasteiger partial charge >= 0.3 is 5.97 Å². The van der Waals surface area contributed by atoms with Gasteiger partial charge in [-0.05, 0) is 37.8 Å². The van der Waals surface area contributed by atoms with Crippen molar-refractivity contribution in [3.63, 3.8) is 0 Å². The van der Waals surface area contributed by atoms with Crippen LogP contribution in [0.4, 0.5) is 10.1 Å². The number of amides is 1. The molecule has 5 heteroatoms. The number of nitrogens with zero attached hydrogens (tertiary/aromatic N) is 1. The first-order valence-electron chi connectivity index (χ1n) is 8.80. The van der Waals surface area contributed by atoms with Gasteiger partial charge in [0.05, 0.1) is 11.1 Å². The van der Waals surface area contributed by atoms with Gasteiger partial charge in [-0.15, -0.1) is 0 Å². The number of halogens is 1. The predicted octanol–water partition coefficient (Wildman–Crippen LogP) is 3.63. The maximum Gasteiger partial charge on any atom is 0.310 e. The number of carboxylic acid groups (broad SMARTS) is 1. The van der Waals surface area contributed by atoms with Crippen molar-refractivity contribution < 1.29 is 19.1 Å². The van der Waals surface area contributed by atoms with Crippen molar-refractivity contribution in [2.75, 3.05) is 11.4 Å². The summed E-state index contributed by atoms with van der Waals surface area (Å²) < 4.78 is 14.5. The zero-order chi connectivity index (χ0) is 16.9. The van der Waals surface area contributed by atoms with E-state index in [2.05, 4.69) is 0 Å². The van der Waals surface area contributed by atoms with Gasteiger partial charge in [-0.3, -0.25) is 9.59 Å². The van der Waals surface area contributed by atoms with E-state index in [4.69, 9.17) is 0 Å². The summed E-state index contributed by atoms with van der Waals surface area (Å²) in [4.78, 5) is 26.1. The molecule has 2 saturated carbocycles. The van der Waals surface area contributed by atoms with Gasteiger partial charge in [0.25, 0.3) is 0 Å². The Balaban J connectivity index is 1.67. The number of carboxylic acids is 1. The maximum atomic E-state index is 14.5. The summed E-state index contributed by atoms with van der Waals surface area (Å²) in [6.45, 7) is 0.498. The number of anilines is 1. The molecule has 0 radical (unpaired) electrons. The summed E-state index contributed by atoms with van der Waals surface area (Å²) in [5.74, 6) is -1.29. The van der Waals surface area contributed by atoms with Crippen molar-refractivity contribution in [1.82, 2.24) is 0 Å². The van der Waals surface area contributed by atoms with Gasteiger partial charge in [-0.25, -0.2) is 4.39 Å². The van der Waals surface area contributed by atoms with Crippen molar-refractivity contribution in [1.29, 1.82) is 0 Å². The topological polar surface area (TPSA) is 57.6 Å². The fraction of sp³-hybridized carbons (Fsp3) is 0.579. The molecular formula is C19H22FNO3. The quantitative estimate of drug-likeness (QED) is 0.920. The van der Waals surface area contributed by atoms with E-state index in [-0.39, 0.29) is 23.6 Å². The molecule has 2 fully saturated rings. The Bertz CT molecular complexity index is 705. The number of benzene rings is 1. The molecule has 24 heavy (non-hydrogen) atoms. The van der Waals surface area contributed by atoms with Crippen LogP contribution in [-0.4, -0.2) is 23.5 Å². The lowest BCUT2D eigenvalue weighted by Gasteiger charge is -2.38. The number of hydrogen-bond donors (Lipinski definition) is 1. The third kappa shape index (κ3) is 2.10. The fourth-order valence-corrected chi connectivity index (χ4v) is 4.87. The minimum atomic E-state index is -0.907. The van der Waals surface area contributed by atoms with E-state index in [1.807, 2.05) is 0 Å². The van der Waals surface area contributed by atoms with Gasteiger partial charge in [-0.2, -0.15) is 0 Å². The van der Waals surface area contributed by atoms with Gasteiger partial charge in [0.15, 0.2) is 0 Å².